The van der Waals surface area contributed by atoms with Crippen LogP contribution in [0.15, 0.2) is 29.1 Å². The number of nitrogens with zero attached hydrogens (tertiary/aromatic N) is 1. The minimum absolute atomic E-state index is 0.0350. The second-order valence-corrected chi connectivity index (χ2v) is 6.48. The van der Waals surface area contributed by atoms with Gasteiger partial charge in [-0.05, 0) is 38.2 Å². The van der Waals surface area contributed by atoms with Gasteiger partial charge in [0, 0.05) is 11.0 Å². The Morgan fingerprint density at radius 1 is 1.35 bits per heavy atom. The van der Waals surface area contributed by atoms with E-state index in [2.05, 4.69) is 9.97 Å². The minimum atomic E-state index is -0.462. The number of H-pyrrole nitrogens is 1. The summed E-state index contributed by atoms with van der Waals surface area (Å²) in [6.07, 6.45) is 10.8. The van der Waals surface area contributed by atoms with Crippen LogP contribution >= 0.6 is 11.3 Å². The molecule has 2 heterocycles. The third-order valence-corrected chi connectivity index (χ3v) is 4.95. The van der Waals surface area contributed by atoms with E-state index < -0.39 is 5.97 Å². The van der Waals surface area contributed by atoms with E-state index in [1.807, 2.05) is 13.0 Å². The average molecular weight is 330 g/mol. The van der Waals surface area contributed by atoms with E-state index in [4.69, 9.17) is 4.74 Å². The summed E-state index contributed by atoms with van der Waals surface area (Å²) in [4.78, 5) is 33.1. The van der Waals surface area contributed by atoms with Crippen LogP contribution in [0.2, 0.25) is 0 Å². The monoisotopic (exact) mass is 330 g/mol. The van der Waals surface area contributed by atoms with Crippen LogP contribution in [0.5, 0.6) is 0 Å². The highest BCUT2D eigenvalue weighted by atomic mass is 32.1. The fourth-order valence-electron chi connectivity index (χ4n) is 2.71. The quantitative estimate of drug-likeness (QED) is 0.531. The van der Waals surface area contributed by atoms with E-state index in [0.717, 1.165) is 29.7 Å². The molecule has 0 aromatic carbocycles. The number of aromatic nitrogens is 2. The van der Waals surface area contributed by atoms with Crippen molar-refractivity contribution in [3.05, 3.63) is 50.9 Å². The number of carbonyl (C=O) groups excluding carboxylic acids is 1. The smallest absolute Gasteiger partial charge is 0.331 e. The molecular formula is C17H18N2O3S. The molecule has 2 aromatic rings. The van der Waals surface area contributed by atoms with E-state index >= 15 is 0 Å². The van der Waals surface area contributed by atoms with Gasteiger partial charge in [-0.15, -0.1) is 11.3 Å². The molecule has 0 saturated carbocycles. The molecule has 0 saturated heterocycles. The molecule has 0 radical (unpaired) electrons. The summed E-state index contributed by atoms with van der Waals surface area (Å²) in [5.41, 5.74) is 1.02. The van der Waals surface area contributed by atoms with Gasteiger partial charge in [0.1, 0.15) is 17.3 Å². The first-order chi connectivity index (χ1) is 11.2. The maximum Gasteiger partial charge on any atom is 0.331 e. The van der Waals surface area contributed by atoms with Crippen molar-refractivity contribution in [2.75, 3.05) is 0 Å². The number of hydrogen-bond donors (Lipinski definition) is 1. The second kappa shape index (κ2) is 6.91. The Labute approximate surface area is 137 Å². The normalized spacial score (nSPS) is 14.7. The Balaban J connectivity index is 1.80. The Morgan fingerprint density at radius 3 is 3.00 bits per heavy atom. The number of nitrogens with one attached hydrogen (secondary N) is 1. The van der Waals surface area contributed by atoms with E-state index in [0.29, 0.717) is 11.2 Å². The molecule has 0 atom stereocenters. The first-order valence-electron chi connectivity index (χ1n) is 7.68. The molecular weight excluding hydrogens is 312 g/mol. The second-order valence-electron chi connectivity index (χ2n) is 5.40. The van der Waals surface area contributed by atoms with Gasteiger partial charge in [-0.25, -0.2) is 9.78 Å². The molecule has 5 nitrogen and oxygen atoms in total. The summed E-state index contributed by atoms with van der Waals surface area (Å²) in [6, 6.07) is 0. The number of aromatic amines is 1. The largest absolute Gasteiger partial charge is 0.454 e. The summed E-state index contributed by atoms with van der Waals surface area (Å²) in [6.45, 7) is 1.83. The molecule has 0 amide bonds. The SMILES string of the molecule is C/C=C/C=C/C(=O)OCc1nc2sc3c(c2c(=O)[nH]1)CCCC3. The maximum absolute atomic E-state index is 12.3. The number of hydrogen-bond acceptors (Lipinski definition) is 5. The van der Waals surface area contributed by atoms with Crippen molar-refractivity contribution in [1.82, 2.24) is 9.97 Å². The van der Waals surface area contributed by atoms with Crippen LogP contribution < -0.4 is 5.56 Å². The highest BCUT2D eigenvalue weighted by Gasteiger charge is 2.19. The minimum Gasteiger partial charge on any atom is -0.454 e. The van der Waals surface area contributed by atoms with E-state index in [9.17, 15) is 9.59 Å². The molecule has 1 aliphatic carbocycles. The zero-order chi connectivity index (χ0) is 16.2. The molecule has 0 spiro atoms. The Morgan fingerprint density at radius 2 is 2.17 bits per heavy atom. The van der Waals surface area contributed by atoms with Crippen molar-refractivity contribution >= 4 is 27.5 Å². The fourth-order valence-corrected chi connectivity index (χ4v) is 3.99. The number of carbonyl (C=O) groups is 1. The third kappa shape index (κ3) is 3.42. The van der Waals surface area contributed by atoms with Gasteiger partial charge in [0.15, 0.2) is 0 Å². The molecule has 120 valence electrons. The fraction of sp³-hybridized carbons (Fsp3) is 0.353. The zero-order valence-corrected chi connectivity index (χ0v) is 13.7. The first kappa shape index (κ1) is 15.7. The van der Waals surface area contributed by atoms with Gasteiger partial charge in [0.05, 0.1) is 5.39 Å². The predicted octanol–water partition coefficient (Wildman–Crippen LogP) is 3.04. The van der Waals surface area contributed by atoms with E-state index in [1.165, 1.54) is 17.4 Å². The molecule has 0 bridgehead atoms. The summed E-state index contributed by atoms with van der Waals surface area (Å²) < 4.78 is 5.09. The predicted molar refractivity (Wildman–Crippen MR) is 90.6 cm³/mol. The number of ether oxygens (including phenoxy) is 1. The first-order valence-corrected chi connectivity index (χ1v) is 8.50. The number of fused-ring (bicyclic) bond motifs is 3. The van der Waals surface area contributed by atoms with Gasteiger partial charge in [-0.1, -0.05) is 18.2 Å². The van der Waals surface area contributed by atoms with Gasteiger partial charge in [-0.2, -0.15) is 0 Å². The van der Waals surface area contributed by atoms with Crippen LogP contribution in [-0.2, 0) is 29.0 Å². The van der Waals surface area contributed by atoms with E-state index in [-0.39, 0.29) is 12.2 Å². The lowest BCUT2D eigenvalue weighted by molar-refractivity contribution is -0.139. The van der Waals surface area contributed by atoms with Gasteiger partial charge in [-0.3, -0.25) is 4.79 Å². The summed E-state index contributed by atoms with van der Waals surface area (Å²) in [5.74, 6) is -0.0785. The highest BCUT2D eigenvalue weighted by Crippen LogP contribution is 2.33. The highest BCUT2D eigenvalue weighted by molar-refractivity contribution is 7.18. The third-order valence-electron chi connectivity index (χ3n) is 3.76. The number of thiophene rings is 1. The lowest BCUT2D eigenvalue weighted by Gasteiger charge is -2.09. The van der Waals surface area contributed by atoms with Crippen LogP contribution in [0.3, 0.4) is 0 Å². The molecule has 2 aromatic heterocycles. The number of rotatable bonds is 4. The van der Waals surface area contributed by atoms with Crippen LogP contribution in [0.1, 0.15) is 36.0 Å². The van der Waals surface area contributed by atoms with Gasteiger partial charge in [0.25, 0.3) is 5.56 Å². The van der Waals surface area contributed by atoms with Crippen LogP contribution in [0.4, 0.5) is 0 Å². The number of esters is 1. The Hall–Kier alpha value is -2.21. The number of aryl methyl sites for hydroxylation is 2. The molecule has 1 aliphatic rings. The van der Waals surface area contributed by atoms with Crippen LogP contribution in [0, 0.1) is 0 Å². The molecule has 0 aliphatic heterocycles. The molecule has 6 heteroatoms. The topological polar surface area (TPSA) is 72.0 Å². The van der Waals surface area contributed by atoms with Crippen molar-refractivity contribution < 1.29 is 9.53 Å². The average Bonchev–Trinajstić information content (AvgIpc) is 2.92. The van der Waals surface area contributed by atoms with Crippen molar-refractivity contribution in [1.29, 1.82) is 0 Å². The zero-order valence-electron chi connectivity index (χ0n) is 12.9. The van der Waals surface area contributed by atoms with Crippen molar-refractivity contribution in [3.8, 4) is 0 Å². The van der Waals surface area contributed by atoms with E-state index in [1.54, 1.807) is 23.5 Å². The Bertz CT molecular complexity index is 845. The van der Waals surface area contributed by atoms with Crippen LogP contribution in [-0.4, -0.2) is 15.9 Å². The van der Waals surface area contributed by atoms with Gasteiger partial charge >= 0.3 is 5.97 Å². The molecule has 3 rings (SSSR count). The maximum atomic E-state index is 12.3. The molecule has 1 N–H and O–H groups in total. The summed E-state index contributed by atoms with van der Waals surface area (Å²) in [5, 5.41) is 0.716. The Kier molecular flexibility index (Phi) is 4.71. The molecule has 0 fully saturated rings. The number of allylic oxidation sites excluding steroid dienone is 3. The van der Waals surface area contributed by atoms with Crippen molar-refractivity contribution in [2.45, 2.75) is 39.2 Å². The molecule has 23 heavy (non-hydrogen) atoms. The lowest BCUT2D eigenvalue weighted by atomic mass is 9.97. The summed E-state index contributed by atoms with van der Waals surface area (Å²) in [7, 11) is 0. The van der Waals surface area contributed by atoms with Crippen LogP contribution in [0.25, 0.3) is 10.2 Å². The van der Waals surface area contributed by atoms with Gasteiger partial charge in [0.2, 0.25) is 0 Å². The van der Waals surface area contributed by atoms with Crippen molar-refractivity contribution in [2.24, 2.45) is 0 Å². The van der Waals surface area contributed by atoms with Crippen molar-refractivity contribution in [3.63, 3.8) is 0 Å². The standard InChI is InChI=1S/C17H18N2O3S/c1-2-3-4-9-14(20)22-10-13-18-16(21)15-11-7-5-6-8-12(11)23-17(15)19-13/h2-4,9H,5-8,10H2,1H3,(H,18,19,21)/b3-2+,9-4+. The lowest BCUT2D eigenvalue weighted by Crippen LogP contribution is -2.14. The molecule has 0 unspecified atom stereocenters. The van der Waals surface area contributed by atoms with Gasteiger partial charge < -0.3 is 9.72 Å². The summed E-state index contributed by atoms with van der Waals surface area (Å²) >= 11 is 1.58.